The highest BCUT2D eigenvalue weighted by atomic mass is 79.9. The summed E-state index contributed by atoms with van der Waals surface area (Å²) >= 11 is 4.63. The Morgan fingerprint density at radius 2 is 2.19 bits per heavy atom. The number of benzene rings is 1. The zero-order chi connectivity index (χ0) is 15.6. The number of anilines is 1. The normalized spacial score (nSPS) is 11.5. The number of nitrogens with two attached hydrogens (primary N) is 1. The van der Waals surface area contributed by atoms with Gasteiger partial charge in [0.15, 0.2) is 5.84 Å². The van der Waals surface area contributed by atoms with E-state index < -0.39 is 5.82 Å². The number of nitrogens with zero attached hydrogens (tertiary/aromatic N) is 1. The van der Waals surface area contributed by atoms with Gasteiger partial charge in [0.2, 0.25) is 0 Å². The molecule has 4 N–H and O–H groups in total. The summed E-state index contributed by atoms with van der Waals surface area (Å²) in [7, 11) is 0. The van der Waals surface area contributed by atoms with Crippen molar-refractivity contribution >= 4 is 44.7 Å². The van der Waals surface area contributed by atoms with Crippen LogP contribution in [0.4, 0.5) is 10.1 Å². The Morgan fingerprint density at radius 1 is 1.48 bits per heavy atom. The van der Waals surface area contributed by atoms with Gasteiger partial charge in [0, 0.05) is 5.56 Å². The first-order chi connectivity index (χ1) is 9.92. The monoisotopic (exact) mass is 371 g/mol. The van der Waals surface area contributed by atoms with Crippen molar-refractivity contribution in [2.75, 3.05) is 5.32 Å². The smallest absolute Gasteiger partial charge is 0.265 e. The van der Waals surface area contributed by atoms with Gasteiger partial charge in [-0.05, 0) is 52.7 Å². The molecule has 0 saturated carbocycles. The van der Waals surface area contributed by atoms with Crippen LogP contribution in [-0.4, -0.2) is 17.0 Å². The van der Waals surface area contributed by atoms with Crippen LogP contribution in [0.1, 0.15) is 20.8 Å². The van der Waals surface area contributed by atoms with Crippen molar-refractivity contribution in [1.82, 2.24) is 0 Å². The molecule has 2 aromatic rings. The van der Waals surface area contributed by atoms with Gasteiger partial charge in [-0.1, -0.05) is 5.16 Å². The Labute approximate surface area is 132 Å². The third-order valence-electron chi connectivity index (χ3n) is 2.69. The number of rotatable bonds is 3. The SMILES string of the molecule is Cc1cc(C(=O)Nc2ccc(F)cc2/C(N)=N/O)sc1Br. The summed E-state index contributed by atoms with van der Waals surface area (Å²) in [6, 6.07) is 5.35. The van der Waals surface area contributed by atoms with Crippen LogP contribution in [0.2, 0.25) is 0 Å². The minimum absolute atomic E-state index is 0.109. The van der Waals surface area contributed by atoms with Crippen molar-refractivity contribution in [3.8, 4) is 0 Å². The largest absolute Gasteiger partial charge is 0.409 e. The maximum Gasteiger partial charge on any atom is 0.265 e. The Morgan fingerprint density at radius 3 is 2.76 bits per heavy atom. The van der Waals surface area contributed by atoms with Crippen LogP contribution in [0.25, 0.3) is 0 Å². The van der Waals surface area contributed by atoms with E-state index in [1.807, 2.05) is 6.92 Å². The van der Waals surface area contributed by atoms with Crippen LogP contribution >= 0.6 is 27.3 Å². The second-order valence-corrected chi connectivity index (χ2v) is 6.57. The fourth-order valence-corrected chi connectivity index (χ4v) is 3.08. The van der Waals surface area contributed by atoms with E-state index in [4.69, 9.17) is 10.9 Å². The number of carbonyl (C=O) groups is 1. The summed E-state index contributed by atoms with van der Waals surface area (Å²) in [5.74, 6) is -1.19. The highest BCUT2D eigenvalue weighted by molar-refractivity contribution is 9.11. The van der Waals surface area contributed by atoms with Crippen LogP contribution in [-0.2, 0) is 0 Å². The third kappa shape index (κ3) is 3.40. The Balaban J connectivity index is 2.33. The third-order valence-corrected chi connectivity index (χ3v) is 4.83. The molecular weight excluding hydrogens is 361 g/mol. The van der Waals surface area contributed by atoms with E-state index in [2.05, 4.69) is 26.4 Å². The standard InChI is InChI=1S/C13H11BrFN3O2S/c1-6-4-10(21-11(6)14)13(19)17-9-3-2-7(15)5-8(9)12(16)18-20/h2-5,20H,1H3,(H2,16,18)(H,17,19). The predicted molar refractivity (Wildman–Crippen MR) is 83.6 cm³/mol. The minimum atomic E-state index is -0.552. The van der Waals surface area contributed by atoms with E-state index in [1.54, 1.807) is 6.07 Å². The Kier molecular flexibility index (Phi) is 4.59. The van der Waals surface area contributed by atoms with Gasteiger partial charge in [-0.25, -0.2) is 4.39 Å². The molecule has 1 aromatic carbocycles. The van der Waals surface area contributed by atoms with E-state index in [-0.39, 0.29) is 23.0 Å². The lowest BCUT2D eigenvalue weighted by molar-refractivity contribution is 0.103. The van der Waals surface area contributed by atoms with Crippen LogP contribution in [0.15, 0.2) is 33.2 Å². The molecule has 0 radical (unpaired) electrons. The van der Waals surface area contributed by atoms with Crippen LogP contribution in [0.5, 0.6) is 0 Å². The molecular formula is C13H11BrFN3O2S. The molecule has 21 heavy (non-hydrogen) atoms. The van der Waals surface area contributed by atoms with Crippen molar-refractivity contribution in [1.29, 1.82) is 0 Å². The van der Waals surface area contributed by atoms with Crippen LogP contribution < -0.4 is 11.1 Å². The molecule has 2 rings (SSSR count). The lowest BCUT2D eigenvalue weighted by Gasteiger charge is -2.09. The molecule has 0 unspecified atom stereocenters. The zero-order valence-corrected chi connectivity index (χ0v) is 13.3. The zero-order valence-electron chi connectivity index (χ0n) is 10.9. The molecule has 0 fully saturated rings. The highest BCUT2D eigenvalue weighted by Crippen LogP contribution is 2.28. The summed E-state index contributed by atoms with van der Waals surface area (Å²) in [5, 5.41) is 14.2. The molecule has 5 nitrogen and oxygen atoms in total. The van der Waals surface area contributed by atoms with Crippen molar-refractivity contribution in [2.24, 2.45) is 10.9 Å². The number of nitrogens with one attached hydrogen (secondary N) is 1. The Bertz CT molecular complexity index is 711. The maximum absolute atomic E-state index is 13.3. The molecule has 0 saturated heterocycles. The highest BCUT2D eigenvalue weighted by Gasteiger charge is 2.15. The molecule has 110 valence electrons. The van der Waals surface area contributed by atoms with Gasteiger partial charge in [-0.2, -0.15) is 0 Å². The van der Waals surface area contributed by atoms with Crippen LogP contribution in [0.3, 0.4) is 0 Å². The number of amides is 1. The summed E-state index contributed by atoms with van der Waals surface area (Å²) < 4.78 is 14.1. The van der Waals surface area contributed by atoms with Gasteiger partial charge in [0.1, 0.15) is 5.82 Å². The van der Waals surface area contributed by atoms with E-state index >= 15 is 0 Å². The second-order valence-electron chi connectivity index (χ2n) is 4.20. The maximum atomic E-state index is 13.3. The first-order valence-electron chi connectivity index (χ1n) is 5.77. The molecule has 1 heterocycles. The first-order valence-corrected chi connectivity index (χ1v) is 7.38. The van der Waals surface area contributed by atoms with E-state index in [9.17, 15) is 9.18 Å². The lowest BCUT2D eigenvalue weighted by Crippen LogP contribution is -2.19. The lowest BCUT2D eigenvalue weighted by atomic mass is 10.1. The van der Waals surface area contributed by atoms with E-state index in [0.717, 1.165) is 15.4 Å². The number of amidine groups is 1. The molecule has 0 bridgehead atoms. The number of oxime groups is 1. The summed E-state index contributed by atoms with van der Waals surface area (Å²) in [6.45, 7) is 1.87. The molecule has 8 heteroatoms. The number of aryl methyl sites for hydroxylation is 1. The topological polar surface area (TPSA) is 87.7 Å². The van der Waals surface area contributed by atoms with E-state index in [0.29, 0.717) is 4.88 Å². The first kappa shape index (κ1) is 15.5. The summed E-state index contributed by atoms with van der Waals surface area (Å²) in [4.78, 5) is 12.7. The van der Waals surface area contributed by atoms with Crippen molar-refractivity contribution in [3.05, 3.63) is 49.9 Å². The summed E-state index contributed by atoms with van der Waals surface area (Å²) in [6.07, 6.45) is 0. The van der Waals surface area contributed by atoms with E-state index in [1.165, 1.54) is 23.5 Å². The molecule has 0 atom stereocenters. The van der Waals surface area contributed by atoms with Crippen LogP contribution in [0, 0.1) is 12.7 Å². The number of carbonyl (C=O) groups excluding carboxylic acids is 1. The molecule has 1 amide bonds. The van der Waals surface area contributed by atoms with Gasteiger partial charge in [-0.15, -0.1) is 11.3 Å². The van der Waals surface area contributed by atoms with Gasteiger partial charge in [0.25, 0.3) is 5.91 Å². The Hall–Kier alpha value is -1.93. The number of hydrogen-bond donors (Lipinski definition) is 3. The second kappa shape index (κ2) is 6.23. The van der Waals surface area contributed by atoms with Gasteiger partial charge in [0.05, 0.1) is 14.4 Å². The van der Waals surface area contributed by atoms with Crippen molar-refractivity contribution < 1.29 is 14.4 Å². The average Bonchev–Trinajstić information content (AvgIpc) is 2.80. The average molecular weight is 372 g/mol. The van der Waals surface area contributed by atoms with Crippen molar-refractivity contribution in [3.63, 3.8) is 0 Å². The molecule has 0 aliphatic heterocycles. The van der Waals surface area contributed by atoms with Crippen molar-refractivity contribution in [2.45, 2.75) is 6.92 Å². The van der Waals surface area contributed by atoms with Gasteiger partial charge >= 0.3 is 0 Å². The quantitative estimate of drug-likeness (QED) is 0.334. The fraction of sp³-hybridized carbons (Fsp3) is 0.0769. The predicted octanol–water partition coefficient (Wildman–Crippen LogP) is 3.30. The fourth-order valence-electron chi connectivity index (χ4n) is 1.65. The minimum Gasteiger partial charge on any atom is -0.409 e. The van der Waals surface area contributed by atoms with Gasteiger partial charge in [-0.3, -0.25) is 4.79 Å². The number of thiophene rings is 1. The molecule has 0 spiro atoms. The molecule has 0 aliphatic rings. The number of hydrogen-bond acceptors (Lipinski definition) is 4. The molecule has 1 aromatic heterocycles. The van der Waals surface area contributed by atoms with Gasteiger partial charge < -0.3 is 16.3 Å². The summed E-state index contributed by atoms with van der Waals surface area (Å²) in [5.41, 5.74) is 6.80. The number of halogens is 2. The molecule has 0 aliphatic carbocycles.